The summed E-state index contributed by atoms with van der Waals surface area (Å²) >= 11 is 12.1. The van der Waals surface area contributed by atoms with Gasteiger partial charge in [-0.15, -0.1) is 0 Å². The Balaban J connectivity index is 1.92. The number of nitrogens with zero attached hydrogens (tertiary/aromatic N) is 2. The van der Waals surface area contributed by atoms with Crippen LogP contribution in [0.2, 0.25) is 10.0 Å². The van der Waals surface area contributed by atoms with Gasteiger partial charge < -0.3 is 14.8 Å². The fourth-order valence-electron chi connectivity index (χ4n) is 2.84. The summed E-state index contributed by atoms with van der Waals surface area (Å²) in [7, 11) is 1.83. The Bertz CT molecular complexity index is 698. The highest BCUT2D eigenvalue weighted by Gasteiger charge is 2.30. The lowest BCUT2D eigenvalue weighted by Crippen LogP contribution is -2.49. The van der Waals surface area contributed by atoms with Crippen LogP contribution in [0.15, 0.2) is 36.5 Å². The van der Waals surface area contributed by atoms with Gasteiger partial charge in [0.15, 0.2) is 0 Å². The van der Waals surface area contributed by atoms with Crippen molar-refractivity contribution in [3.8, 4) is 0 Å². The number of benzene rings is 1. The highest BCUT2D eigenvalue weighted by molar-refractivity contribution is 6.31. The van der Waals surface area contributed by atoms with E-state index < -0.39 is 0 Å². The molecule has 4 nitrogen and oxygen atoms in total. The summed E-state index contributed by atoms with van der Waals surface area (Å²) in [4.78, 5) is 14.8. The van der Waals surface area contributed by atoms with Crippen molar-refractivity contribution in [2.24, 2.45) is 7.05 Å². The number of aromatic nitrogens is 1. The summed E-state index contributed by atoms with van der Waals surface area (Å²) < 4.78 is 1.77. The molecule has 1 aromatic heterocycles. The number of amides is 1. The maximum atomic E-state index is 12.9. The minimum Gasteiger partial charge on any atom is -0.345 e. The Labute approximate surface area is 139 Å². The van der Waals surface area contributed by atoms with Crippen LogP contribution in [0, 0.1) is 0 Å². The van der Waals surface area contributed by atoms with Gasteiger partial charge in [-0.25, -0.2) is 0 Å². The zero-order chi connectivity index (χ0) is 15.7. The molecule has 116 valence electrons. The van der Waals surface area contributed by atoms with Gasteiger partial charge in [-0.1, -0.05) is 35.3 Å². The molecule has 2 heterocycles. The Morgan fingerprint density at radius 1 is 1.27 bits per heavy atom. The first-order valence-corrected chi connectivity index (χ1v) is 7.91. The average molecular weight is 338 g/mol. The quantitative estimate of drug-likeness (QED) is 0.914. The van der Waals surface area contributed by atoms with Crippen LogP contribution in [0.25, 0.3) is 0 Å². The Kier molecular flexibility index (Phi) is 4.43. The molecule has 1 aliphatic rings. The second-order valence-corrected chi connectivity index (χ2v) is 6.30. The van der Waals surface area contributed by atoms with E-state index in [1.54, 1.807) is 16.8 Å². The highest BCUT2D eigenvalue weighted by atomic mass is 35.5. The van der Waals surface area contributed by atoms with Crippen molar-refractivity contribution in [2.45, 2.75) is 6.04 Å². The van der Waals surface area contributed by atoms with Gasteiger partial charge in [0.05, 0.1) is 11.1 Å². The molecule has 6 heteroatoms. The van der Waals surface area contributed by atoms with E-state index in [2.05, 4.69) is 5.32 Å². The maximum Gasteiger partial charge on any atom is 0.271 e. The number of piperazine rings is 1. The topological polar surface area (TPSA) is 37.3 Å². The first-order chi connectivity index (χ1) is 10.6. The molecule has 22 heavy (non-hydrogen) atoms. The van der Waals surface area contributed by atoms with Crippen LogP contribution in [-0.2, 0) is 7.05 Å². The first kappa shape index (κ1) is 15.4. The Morgan fingerprint density at radius 3 is 2.77 bits per heavy atom. The largest absolute Gasteiger partial charge is 0.345 e. The molecule has 1 aliphatic heterocycles. The molecule has 2 aromatic rings. The van der Waals surface area contributed by atoms with Gasteiger partial charge in [-0.3, -0.25) is 4.79 Å². The smallest absolute Gasteiger partial charge is 0.271 e. The number of carbonyl (C=O) groups is 1. The van der Waals surface area contributed by atoms with Gasteiger partial charge in [0.2, 0.25) is 0 Å². The van der Waals surface area contributed by atoms with Gasteiger partial charge in [0.25, 0.3) is 5.91 Å². The molecule has 1 amide bonds. The zero-order valence-electron chi connectivity index (χ0n) is 12.2. The monoisotopic (exact) mass is 337 g/mol. The average Bonchev–Trinajstić information content (AvgIpc) is 2.85. The van der Waals surface area contributed by atoms with E-state index >= 15 is 0 Å². The number of rotatable bonds is 2. The molecule has 1 fully saturated rings. The molecule has 1 unspecified atom stereocenters. The van der Waals surface area contributed by atoms with Crippen LogP contribution in [0.5, 0.6) is 0 Å². The predicted octanol–water partition coefficient (Wildman–Crippen LogP) is 3.12. The first-order valence-electron chi connectivity index (χ1n) is 7.15. The standard InChI is InChI=1S/C16H17Cl2N3O/c1-20-10-13(18)8-14(20)16(22)21-6-5-19-9-15(21)11-3-2-4-12(17)7-11/h2-4,7-8,10,15,19H,5-6,9H2,1H3. The molecule has 0 saturated carbocycles. The predicted molar refractivity (Wildman–Crippen MR) is 88.5 cm³/mol. The van der Waals surface area contributed by atoms with Crippen molar-refractivity contribution in [3.05, 3.63) is 57.8 Å². The summed E-state index contributed by atoms with van der Waals surface area (Å²) in [5.74, 6) is -0.0131. The van der Waals surface area contributed by atoms with Crippen molar-refractivity contribution in [1.29, 1.82) is 0 Å². The van der Waals surface area contributed by atoms with Crippen LogP contribution in [0.1, 0.15) is 22.1 Å². The van der Waals surface area contributed by atoms with Crippen LogP contribution < -0.4 is 5.32 Å². The van der Waals surface area contributed by atoms with E-state index in [1.165, 1.54) is 0 Å². The van der Waals surface area contributed by atoms with Crippen LogP contribution in [-0.4, -0.2) is 35.0 Å². The van der Waals surface area contributed by atoms with E-state index in [4.69, 9.17) is 23.2 Å². The summed E-state index contributed by atoms with van der Waals surface area (Å²) in [6.07, 6.45) is 1.74. The lowest BCUT2D eigenvalue weighted by Gasteiger charge is -2.36. The molecule has 1 aromatic carbocycles. The van der Waals surface area contributed by atoms with Crippen molar-refractivity contribution >= 4 is 29.1 Å². The molecule has 0 spiro atoms. The van der Waals surface area contributed by atoms with E-state index in [1.807, 2.05) is 36.2 Å². The van der Waals surface area contributed by atoms with E-state index in [0.717, 1.165) is 12.1 Å². The van der Waals surface area contributed by atoms with E-state index in [9.17, 15) is 4.79 Å². The Morgan fingerprint density at radius 2 is 2.09 bits per heavy atom. The summed E-state index contributed by atoms with van der Waals surface area (Å²) in [6, 6.07) is 9.34. The van der Waals surface area contributed by atoms with Crippen LogP contribution in [0.4, 0.5) is 0 Å². The molecule has 1 N–H and O–H groups in total. The normalized spacial score (nSPS) is 18.5. The second-order valence-electron chi connectivity index (χ2n) is 5.43. The van der Waals surface area contributed by atoms with Crippen molar-refractivity contribution in [3.63, 3.8) is 0 Å². The lowest BCUT2D eigenvalue weighted by atomic mass is 10.0. The number of nitrogens with one attached hydrogen (secondary N) is 1. The molecular weight excluding hydrogens is 321 g/mol. The SMILES string of the molecule is Cn1cc(Cl)cc1C(=O)N1CCNCC1c1cccc(Cl)c1. The number of carbonyl (C=O) groups excluding carboxylic acids is 1. The second kappa shape index (κ2) is 6.32. The van der Waals surface area contributed by atoms with Crippen LogP contribution >= 0.6 is 23.2 Å². The molecular formula is C16H17Cl2N3O. The van der Waals surface area contributed by atoms with Crippen molar-refractivity contribution in [2.75, 3.05) is 19.6 Å². The third kappa shape index (κ3) is 3.00. The third-order valence-electron chi connectivity index (χ3n) is 3.93. The molecule has 1 saturated heterocycles. The summed E-state index contributed by atoms with van der Waals surface area (Å²) in [5.41, 5.74) is 1.63. The summed E-state index contributed by atoms with van der Waals surface area (Å²) in [5, 5.41) is 4.59. The van der Waals surface area contributed by atoms with Gasteiger partial charge in [-0.05, 0) is 23.8 Å². The Hall–Kier alpha value is -1.49. The van der Waals surface area contributed by atoms with Crippen molar-refractivity contribution < 1.29 is 4.79 Å². The third-order valence-corrected chi connectivity index (χ3v) is 4.37. The van der Waals surface area contributed by atoms with Gasteiger partial charge in [0.1, 0.15) is 5.69 Å². The van der Waals surface area contributed by atoms with E-state index in [-0.39, 0.29) is 11.9 Å². The molecule has 3 rings (SSSR count). The van der Waals surface area contributed by atoms with Gasteiger partial charge in [-0.2, -0.15) is 0 Å². The summed E-state index contributed by atoms with van der Waals surface area (Å²) in [6.45, 7) is 2.14. The molecule has 0 radical (unpaired) electrons. The molecule has 1 atom stereocenters. The minimum absolute atomic E-state index is 0.0131. The van der Waals surface area contributed by atoms with Crippen LogP contribution in [0.3, 0.4) is 0 Å². The molecule has 0 aliphatic carbocycles. The number of aryl methyl sites for hydroxylation is 1. The van der Waals surface area contributed by atoms with Gasteiger partial charge in [0, 0.05) is 37.9 Å². The number of hydrogen-bond donors (Lipinski definition) is 1. The number of halogens is 2. The van der Waals surface area contributed by atoms with E-state index in [0.29, 0.717) is 28.8 Å². The molecule has 0 bridgehead atoms. The lowest BCUT2D eigenvalue weighted by molar-refractivity contribution is 0.0624. The number of hydrogen-bond acceptors (Lipinski definition) is 2. The maximum absolute atomic E-state index is 12.9. The zero-order valence-corrected chi connectivity index (χ0v) is 13.7. The highest BCUT2D eigenvalue weighted by Crippen LogP contribution is 2.27. The van der Waals surface area contributed by atoms with Gasteiger partial charge >= 0.3 is 0 Å². The fourth-order valence-corrected chi connectivity index (χ4v) is 3.29. The fraction of sp³-hybridized carbons (Fsp3) is 0.312. The van der Waals surface area contributed by atoms with Crippen molar-refractivity contribution in [1.82, 2.24) is 14.8 Å². The minimum atomic E-state index is -0.0337.